The van der Waals surface area contributed by atoms with Crippen molar-refractivity contribution < 1.29 is 33.8 Å². The molecule has 0 aliphatic carbocycles. The van der Waals surface area contributed by atoms with E-state index < -0.39 is 35.6 Å². The number of hydrogen-bond acceptors (Lipinski definition) is 7. The van der Waals surface area contributed by atoms with Crippen molar-refractivity contribution in [3.63, 3.8) is 0 Å². The lowest BCUT2D eigenvalue weighted by Crippen LogP contribution is -2.57. The standard InChI is InChI=1S/C35H49N3O7/c1-5-7-17-28(40)44-23-26(25-15-11-10-12-16-25)36-32(41)29-27-18-19-35(45-27)30(29)33(42)38(21-13-8-9-14-22-39)31(35)34(43)37(20-6-2)24(3)4/h5-6,10-12,15-16,24,26-27,29-31,39H,1-2,7-9,13-14,17-23H2,3-4H3,(H,36,41)/t26-,27+,29-,30-,31+,35-/m1/s1. The fourth-order valence-corrected chi connectivity index (χ4v) is 7.21. The number of ether oxygens (including phenoxy) is 2. The average Bonchev–Trinajstić information content (AvgIpc) is 3.68. The molecule has 0 saturated carbocycles. The van der Waals surface area contributed by atoms with Gasteiger partial charge in [-0.05, 0) is 51.5 Å². The lowest BCUT2D eigenvalue weighted by Gasteiger charge is -2.38. The molecule has 0 radical (unpaired) electrons. The average molecular weight is 624 g/mol. The van der Waals surface area contributed by atoms with Crippen LogP contribution in [0.25, 0.3) is 0 Å². The van der Waals surface area contributed by atoms with Crippen molar-refractivity contribution in [3.05, 3.63) is 61.2 Å². The summed E-state index contributed by atoms with van der Waals surface area (Å²) in [7, 11) is 0. The minimum Gasteiger partial charge on any atom is -0.463 e. The van der Waals surface area contributed by atoms with E-state index in [2.05, 4.69) is 18.5 Å². The number of nitrogens with one attached hydrogen (secondary N) is 1. The van der Waals surface area contributed by atoms with Gasteiger partial charge in [-0.2, -0.15) is 0 Å². The molecule has 10 nitrogen and oxygen atoms in total. The molecule has 3 aliphatic rings. The second-order valence-corrected chi connectivity index (χ2v) is 12.6. The zero-order valence-electron chi connectivity index (χ0n) is 26.7. The van der Waals surface area contributed by atoms with Gasteiger partial charge in [0.2, 0.25) is 17.7 Å². The quantitative estimate of drug-likeness (QED) is 0.145. The molecular formula is C35H49N3O7. The van der Waals surface area contributed by atoms with Crippen molar-refractivity contribution in [2.24, 2.45) is 11.8 Å². The Hall–Kier alpha value is -3.50. The molecule has 1 spiro atoms. The number of esters is 1. The van der Waals surface area contributed by atoms with Crippen molar-refractivity contribution >= 4 is 23.7 Å². The van der Waals surface area contributed by atoms with Gasteiger partial charge in [-0.3, -0.25) is 19.2 Å². The van der Waals surface area contributed by atoms with Crippen LogP contribution in [0, 0.1) is 11.8 Å². The Morgan fingerprint density at radius 2 is 1.89 bits per heavy atom. The number of aliphatic hydroxyl groups is 1. The first-order chi connectivity index (χ1) is 21.7. The summed E-state index contributed by atoms with van der Waals surface area (Å²) >= 11 is 0. The van der Waals surface area contributed by atoms with Gasteiger partial charge in [0.15, 0.2) is 0 Å². The second-order valence-electron chi connectivity index (χ2n) is 12.6. The first-order valence-electron chi connectivity index (χ1n) is 16.3. The summed E-state index contributed by atoms with van der Waals surface area (Å²) in [6, 6.07) is 7.70. The molecule has 2 bridgehead atoms. The number of rotatable bonds is 18. The molecule has 10 heteroatoms. The molecule has 4 rings (SSSR count). The number of fused-ring (bicyclic) bond motifs is 1. The Bertz CT molecular complexity index is 1220. The predicted octanol–water partition coefficient (Wildman–Crippen LogP) is 3.70. The van der Waals surface area contributed by atoms with E-state index in [-0.39, 0.29) is 49.4 Å². The normalized spacial score (nSPS) is 25.6. The van der Waals surface area contributed by atoms with Crippen LogP contribution in [0.4, 0.5) is 0 Å². The SMILES string of the molecule is C=CCCC(=O)OC[C@@H](NC(=O)[C@@H]1[C@@H]2CC[C@]3(O2)[C@H](C(=O)N(CC=C)C(C)C)N(CCCCCCO)C(=O)[C@@H]13)c1ccccc1. The molecule has 246 valence electrons. The van der Waals surface area contributed by atoms with E-state index in [1.165, 1.54) is 0 Å². The molecule has 3 heterocycles. The summed E-state index contributed by atoms with van der Waals surface area (Å²) in [5.74, 6) is -2.73. The number of benzene rings is 1. The van der Waals surface area contributed by atoms with Gasteiger partial charge >= 0.3 is 5.97 Å². The molecule has 45 heavy (non-hydrogen) atoms. The number of carbonyl (C=O) groups is 4. The highest BCUT2D eigenvalue weighted by atomic mass is 16.5. The molecule has 0 aromatic heterocycles. The number of likely N-dealkylation sites (tertiary alicyclic amines) is 1. The van der Waals surface area contributed by atoms with Crippen LogP contribution in [0.3, 0.4) is 0 Å². The van der Waals surface area contributed by atoms with E-state index in [1.54, 1.807) is 22.0 Å². The van der Waals surface area contributed by atoms with E-state index in [0.717, 1.165) is 18.4 Å². The molecule has 3 aliphatic heterocycles. The van der Waals surface area contributed by atoms with Gasteiger partial charge < -0.3 is 29.7 Å². The van der Waals surface area contributed by atoms with Gasteiger partial charge in [0.1, 0.15) is 18.2 Å². The summed E-state index contributed by atoms with van der Waals surface area (Å²) in [5.41, 5.74) is -0.326. The van der Waals surface area contributed by atoms with Crippen LogP contribution < -0.4 is 5.32 Å². The van der Waals surface area contributed by atoms with Crippen LogP contribution in [0.5, 0.6) is 0 Å². The lowest BCUT2D eigenvalue weighted by molar-refractivity contribution is -0.149. The van der Waals surface area contributed by atoms with Crippen molar-refractivity contribution in [1.82, 2.24) is 15.1 Å². The molecule has 3 saturated heterocycles. The monoisotopic (exact) mass is 623 g/mol. The molecule has 3 amide bonds. The van der Waals surface area contributed by atoms with Gasteiger partial charge in [0, 0.05) is 32.2 Å². The third-order valence-corrected chi connectivity index (χ3v) is 9.36. The second kappa shape index (κ2) is 15.7. The predicted molar refractivity (Wildman–Crippen MR) is 170 cm³/mol. The summed E-state index contributed by atoms with van der Waals surface area (Å²) in [6.45, 7) is 12.1. The summed E-state index contributed by atoms with van der Waals surface area (Å²) < 4.78 is 12.1. The fraction of sp³-hybridized carbons (Fsp3) is 0.600. The minimum absolute atomic E-state index is 0.0558. The van der Waals surface area contributed by atoms with Crippen LogP contribution in [-0.2, 0) is 28.7 Å². The highest BCUT2D eigenvalue weighted by Gasteiger charge is 2.74. The summed E-state index contributed by atoms with van der Waals surface area (Å²) in [5, 5.41) is 12.3. The number of carbonyl (C=O) groups excluding carboxylic acids is 4. The Balaban J connectivity index is 1.60. The maximum absolute atomic E-state index is 14.3. The van der Waals surface area contributed by atoms with Crippen molar-refractivity contribution in [2.45, 2.75) is 95.0 Å². The first kappa shape index (κ1) is 34.4. The van der Waals surface area contributed by atoms with Crippen LogP contribution in [-0.4, -0.2) is 88.7 Å². The van der Waals surface area contributed by atoms with Gasteiger partial charge in [0.05, 0.1) is 24.0 Å². The van der Waals surface area contributed by atoms with E-state index in [0.29, 0.717) is 45.2 Å². The lowest BCUT2D eigenvalue weighted by atomic mass is 9.70. The topological polar surface area (TPSA) is 125 Å². The Labute approximate surface area is 266 Å². The highest BCUT2D eigenvalue weighted by molar-refractivity contribution is 5.99. The van der Waals surface area contributed by atoms with Crippen molar-refractivity contribution in [2.75, 3.05) is 26.3 Å². The molecule has 3 fully saturated rings. The summed E-state index contributed by atoms with van der Waals surface area (Å²) in [6.07, 6.45) is 7.58. The molecule has 1 aromatic rings. The molecule has 0 unspecified atom stereocenters. The van der Waals surface area contributed by atoms with Gasteiger partial charge in [-0.1, -0.05) is 55.3 Å². The minimum atomic E-state index is -1.10. The third-order valence-electron chi connectivity index (χ3n) is 9.36. The summed E-state index contributed by atoms with van der Waals surface area (Å²) in [4.78, 5) is 58.4. The van der Waals surface area contributed by atoms with Crippen molar-refractivity contribution in [1.29, 1.82) is 0 Å². The number of nitrogens with zero attached hydrogens (tertiary/aromatic N) is 2. The fourth-order valence-electron chi connectivity index (χ4n) is 7.21. The highest BCUT2D eigenvalue weighted by Crippen LogP contribution is 2.58. The Morgan fingerprint density at radius 1 is 1.16 bits per heavy atom. The zero-order chi connectivity index (χ0) is 32.6. The Kier molecular flexibility index (Phi) is 12.0. The van der Waals surface area contributed by atoms with Crippen LogP contribution in [0.1, 0.15) is 76.8 Å². The number of unbranched alkanes of at least 4 members (excludes halogenated alkanes) is 3. The van der Waals surface area contributed by atoms with Gasteiger partial charge in [0.25, 0.3) is 0 Å². The van der Waals surface area contributed by atoms with Crippen LogP contribution in [0.15, 0.2) is 55.6 Å². The molecule has 6 atom stereocenters. The van der Waals surface area contributed by atoms with E-state index in [9.17, 15) is 24.3 Å². The molecular weight excluding hydrogens is 574 g/mol. The van der Waals surface area contributed by atoms with Gasteiger partial charge in [-0.15, -0.1) is 13.2 Å². The number of hydrogen-bond donors (Lipinski definition) is 2. The van der Waals surface area contributed by atoms with Crippen LogP contribution >= 0.6 is 0 Å². The largest absolute Gasteiger partial charge is 0.463 e. The number of amides is 3. The number of aliphatic hydroxyl groups excluding tert-OH is 1. The van der Waals surface area contributed by atoms with E-state index in [4.69, 9.17) is 9.47 Å². The third kappa shape index (κ3) is 7.33. The Morgan fingerprint density at radius 3 is 2.56 bits per heavy atom. The smallest absolute Gasteiger partial charge is 0.306 e. The van der Waals surface area contributed by atoms with Gasteiger partial charge in [-0.25, -0.2) is 0 Å². The van der Waals surface area contributed by atoms with E-state index >= 15 is 0 Å². The van der Waals surface area contributed by atoms with E-state index in [1.807, 2.05) is 44.2 Å². The zero-order valence-corrected chi connectivity index (χ0v) is 26.7. The molecule has 2 N–H and O–H groups in total. The maximum Gasteiger partial charge on any atom is 0.306 e. The maximum atomic E-state index is 14.3. The van der Waals surface area contributed by atoms with Crippen molar-refractivity contribution in [3.8, 4) is 0 Å². The van der Waals surface area contributed by atoms with Crippen LogP contribution in [0.2, 0.25) is 0 Å². The molecule has 1 aromatic carbocycles. The number of allylic oxidation sites excluding steroid dienone is 1. The first-order valence-corrected chi connectivity index (χ1v) is 16.3.